The normalized spacial score (nSPS) is 12.4. The summed E-state index contributed by atoms with van der Waals surface area (Å²) < 4.78 is 120. The summed E-state index contributed by atoms with van der Waals surface area (Å²) in [6, 6.07) is 5.24. The quantitative estimate of drug-likeness (QED) is 0.106. The summed E-state index contributed by atoms with van der Waals surface area (Å²) in [5, 5.41) is 24.7. The van der Waals surface area contributed by atoms with E-state index in [1.54, 1.807) is 12.1 Å². The van der Waals surface area contributed by atoms with Gasteiger partial charge in [-0.05, 0) is 36.0 Å². The van der Waals surface area contributed by atoms with Crippen LogP contribution >= 0.6 is 81.7 Å². The second-order valence-electron chi connectivity index (χ2n) is 8.83. The Labute approximate surface area is 295 Å². The first-order chi connectivity index (χ1) is 22.1. The Morgan fingerprint density at radius 1 is 0.646 bits per heavy atom. The summed E-state index contributed by atoms with van der Waals surface area (Å²) >= 11 is 24.1. The number of benzene rings is 2. The lowest BCUT2D eigenvalue weighted by molar-refractivity contribution is -0.138. The van der Waals surface area contributed by atoms with Gasteiger partial charge in [0, 0.05) is 0 Å². The van der Waals surface area contributed by atoms with Crippen molar-refractivity contribution >= 4 is 93.3 Å². The molecular formula is C24H9Cl4F9N8S3. The summed E-state index contributed by atoms with van der Waals surface area (Å²) in [5.74, 6) is -1.08. The number of alkyl halides is 9. The van der Waals surface area contributed by atoms with Gasteiger partial charge in [0.05, 0.1) is 41.0 Å². The number of anilines is 2. The Morgan fingerprint density at radius 3 is 1.21 bits per heavy atom. The molecule has 2 aromatic carbocycles. The van der Waals surface area contributed by atoms with Gasteiger partial charge in [-0.3, -0.25) is 0 Å². The fourth-order valence-corrected chi connectivity index (χ4v) is 8.88. The molecular weight excluding hydrogens is 809 g/mol. The number of hydrogen-bond acceptors (Lipinski definition) is 9. The van der Waals surface area contributed by atoms with Gasteiger partial charge in [0.2, 0.25) is 0 Å². The highest BCUT2D eigenvalue weighted by Crippen LogP contribution is 2.53. The number of rotatable bonds is 7. The van der Waals surface area contributed by atoms with Gasteiger partial charge in [-0.25, -0.2) is 9.36 Å². The molecule has 48 heavy (non-hydrogen) atoms. The van der Waals surface area contributed by atoms with E-state index in [1.807, 2.05) is 0 Å². The van der Waals surface area contributed by atoms with E-state index >= 15 is 0 Å². The summed E-state index contributed by atoms with van der Waals surface area (Å²) in [6.45, 7) is 0. The van der Waals surface area contributed by atoms with E-state index in [0.717, 1.165) is 0 Å². The summed E-state index contributed by atoms with van der Waals surface area (Å²) in [4.78, 5) is -0.783. The molecule has 254 valence electrons. The molecule has 0 atom stereocenters. The van der Waals surface area contributed by atoms with Gasteiger partial charge in [0.1, 0.15) is 39.1 Å². The minimum Gasteiger partial charge on any atom is -0.383 e. The number of nitrogens with zero attached hydrogens (tertiary/aromatic N) is 6. The zero-order chi connectivity index (χ0) is 36.1. The largest absolute Gasteiger partial charge is 0.443 e. The molecule has 2 aromatic heterocycles. The predicted octanol–water partition coefficient (Wildman–Crippen LogP) is 10.0. The van der Waals surface area contributed by atoms with Crippen molar-refractivity contribution in [3.05, 3.63) is 66.9 Å². The first kappa shape index (κ1) is 37.8. The topological polar surface area (TPSA) is 135 Å². The molecule has 2 heterocycles. The maximum atomic E-state index is 13.7. The summed E-state index contributed by atoms with van der Waals surface area (Å²) in [7, 11) is 0. The maximum Gasteiger partial charge on any atom is 0.443 e. The van der Waals surface area contributed by atoms with E-state index in [0.29, 0.717) is 57.2 Å². The van der Waals surface area contributed by atoms with Gasteiger partial charge >= 0.3 is 17.9 Å². The molecule has 0 fully saturated rings. The average Bonchev–Trinajstić information content (AvgIpc) is 3.41. The molecule has 0 aliphatic carbocycles. The van der Waals surface area contributed by atoms with E-state index in [1.165, 1.54) is 0 Å². The lowest BCUT2D eigenvalue weighted by Gasteiger charge is -2.18. The van der Waals surface area contributed by atoms with Crippen LogP contribution in [0.3, 0.4) is 0 Å². The van der Waals surface area contributed by atoms with Gasteiger partial charge in [-0.1, -0.05) is 69.9 Å². The van der Waals surface area contributed by atoms with Crippen LogP contribution < -0.4 is 11.5 Å². The van der Waals surface area contributed by atoms with Crippen molar-refractivity contribution in [3.63, 3.8) is 0 Å². The number of nitrogens with two attached hydrogens (primary N) is 2. The molecule has 4 N–H and O–H groups in total. The number of aromatic nitrogens is 4. The number of nitriles is 2. The van der Waals surface area contributed by atoms with Crippen LogP contribution in [0.4, 0.5) is 51.1 Å². The van der Waals surface area contributed by atoms with E-state index < -0.39 is 109 Å². The van der Waals surface area contributed by atoms with E-state index in [2.05, 4.69) is 10.2 Å². The van der Waals surface area contributed by atoms with Crippen molar-refractivity contribution in [1.82, 2.24) is 19.6 Å². The Balaban J connectivity index is 1.80. The summed E-state index contributed by atoms with van der Waals surface area (Å²) in [5.41, 5.74) is 2.81. The molecule has 24 heteroatoms. The van der Waals surface area contributed by atoms with Crippen molar-refractivity contribution < 1.29 is 39.5 Å². The number of hydrogen-bond donors (Lipinski definition) is 2. The van der Waals surface area contributed by atoms with Crippen LogP contribution in [0.25, 0.3) is 11.4 Å². The smallest absolute Gasteiger partial charge is 0.383 e. The van der Waals surface area contributed by atoms with Crippen LogP contribution in [0.5, 0.6) is 0 Å². The molecule has 8 nitrogen and oxygen atoms in total. The van der Waals surface area contributed by atoms with Crippen molar-refractivity contribution in [2.24, 2.45) is 0 Å². The van der Waals surface area contributed by atoms with Gasteiger partial charge in [-0.2, -0.15) is 60.2 Å². The highest BCUT2D eigenvalue weighted by Gasteiger charge is 2.38. The summed E-state index contributed by atoms with van der Waals surface area (Å²) in [6.07, 6.45) is -9.69. The number of halogens is 13. The van der Waals surface area contributed by atoms with Crippen LogP contribution in [0.1, 0.15) is 22.5 Å². The Bertz CT molecular complexity index is 1820. The molecule has 4 rings (SSSR count). The molecule has 0 spiro atoms. The van der Waals surface area contributed by atoms with Crippen LogP contribution in [0.2, 0.25) is 20.1 Å². The fraction of sp³-hybridized carbons (Fsp3) is 0.167. The molecule has 0 amide bonds. The third-order valence-corrected chi connectivity index (χ3v) is 10.7. The van der Waals surface area contributed by atoms with Crippen LogP contribution in [0, 0.1) is 22.7 Å². The first-order valence-electron chi connectivity index (χ1n) is 11.9. The highest BCUT2D eigenvalue weighted by molar-refractivity contribution is 8.32. The average molecular weight is 818 g/mol. The van der Waals surface area contributed by atoms with Gasteiger partial charge in [-0.15, -0.1) is 0 Å². The molecule has 0 aliphatic heterocycles. The second kappa shape index (κ2) is 13.7. The second-order valence-corrected chi connectivity index (χ2v) is 14.8. The molecule has 0 unspecified atom stereocenters. The third kappa shape index (κ3) is 7.91. The third-order valence-electron chi connectivity index (χ3n) is 5.73. The number of nitrogen functional groups attached to an aromatic ring is 2. The van der Waals surface area contributed by atoms with Gasteiger partial charge in [0.15, 0.2) is 11.4 Å². The monoisotopic (exact) mass is 816 g/mol. The van der Waals surface area contributed by atoms with Crippen molar-refractivity contribution in [1.29, 1.82) is 10.5 Å². The van der Waals surface area contributed by atoms with E-state index in [4.69, 9.17) is 57.9 Å². The molecule has 4 aromatic rings. The SMILES string of the molecule is N#Cc1nn(-c2c(Cl)cc(C(F)(F)F)cc2Cl)c(N)c1SC(Sc1c(C#N)nn(-c2c(Cl)cc(C(F)(F)F)cc2Cl)c1N)SC(F)(F)F. The molecule has 0 radical (unpaired) electrons. The van der Waals surface area contributed by atoms with E-state index in [-0.39, 0.29) is 0 Å². The minimum absolute atomic E-state index is 0.297. The maximum absolute atomic E-state index is 13.7. The number of thioether (sulfide) groups is 3. The molecule has 0 bridgehead atoms. The molecule has 0 saturated carbocycles. The molecule has 0 saturated heterocycles. The standard InChI is InChI=1S/C24H9Cl4F9N8S3/c25-9-1-7(22(29,30)31)2-10(26)15(9)44-19(40)17(13(5-38)42-44)46-21(48-24(35,36)37)47-18-14(6-39)43-45(20(18)41)16-11(27)3-8(4-12(16)28)23(32,33)34/h1-4,21H,40-41H2. The molecule has 0 aliphatic rings. The van der Waals surface area contributed by atoms with Crippen LogP contribution in [-0.2, 0) is 12.4 Å². The van der Waals surface area contributed by atoms with Crippen LogP contribution in [-0.4, -0.2) is 29.0 Å². The zero-order valence-electron chi connectivity index (χ0n) is 22.4. The first-order valence-corrected chi connectivity index (χ1v) is 16.0. The van der Waals surface area contributed by atoms with Gasteiger partial charge in [0.25, 0.3) is 0 Å². The van der Waals surface area contributed by atoms with Crippen LogP contribution in [0.15, 0.2) is 34.1 Å². The van der Waals surface area contributed by atoms with Crippen molar-refractivity contribution in [2.45, 2.75) is 31.6 Å². The minimum atomic E-state index is -4.96. The van der Waals surface area contributed by atoms with Crippen molar-refractivity contribution in [3.8, 4) is 23.5 Å². The lowest BCUT2D eigenvalue weighted by Crippen LogP contribution is -2.09. The van der Waals surface area contributed by atoms with Gasteiger partial charge < -0.3 is 11.5 Å². The van der Waals surface area contributed by atoms with E-state index in [9.17, 15) is 50.0 Å². The predicted molar refractivity (Wildman–Crippen MR) is 165 cm³/mol. The highest BCUT2D eigenvalue weighted by atomic mass is 35.5. The lowest BCUT2D eigenvalue weighted by atomic mass is 10.2. The zero-order valence-corrected chi connectivity index (χ0v) is 27.8. The van der Waals surface area contributed by atoms with Crippen molar-refractivity contribution in [2.75, 3.05) is 11.5 Å². The Kier molecular flexibility index (Phi) is 10.8. The fourth-order valence-electron chi connectivity index (χ4n) is 3.79. The Hall–Kier alpha value is -2.98. The Morgan fingerprint density at radius 2 is 0.958 bits per heavy atom.